The molecule has 1 fully saturated rings. The van der Waals surface area contributed by atoms with Crippen molar-refractivity contribution < 1.29 is 23.9 Å². The molecule has 1 saturated heterocycles. The zero-order valence-electron chi connectivity index (χ0n) is 22.0. The summed E-state index contributed by atoms with van der Waals surface area (Å²) in [6, 6.07) is 28.0. The molecule has 0 bridgehead atoms. The summed E-state index contributed by atoms with van der Waals surface area (Å²) in [6.45, 7) is 0.150. The summed E-state index contributed by atoms with van der Waals surface area (Å²) in [6.07, 6.45) is 3.20. The fourth-order valence-corrected chi connectivity index (χ4v) is 4.18. The van der Waals surface area contributed by atoms with E-state index in [4.69, 9.17) is 15.2 Å². The average molecular weight is 541 g/mol. The molecule has 9 nitrogen and oxygen atoms in total. The molecule has 0 unspecified atom stereocenters. The van der Waals surface area contributed by atoms with E-state index in [1.165, 1.54) is 0 Å². The first-order valence-electron chi connectivity index (χ1n) is 13.1. The predicted octanol–water partition coefficient (Wildman–Crippen LogP) is 4.88. The van der Waals surface area contributed by atoms with E-state index in [-0.39, 0.29) is 43.6 Å². The largest absolute Gasteiger partial charge is 0.444 e. The molecule has 0 aliphatic carbocycles. The minimum absolute atomic E-state index is 0.0174. The highest BCUT2D eigenvalue weighted by Crippen LogP contribution is 2.23. The van der Waals surface area contributed by atoms with Crippen LogP contribution in [-0.2, 0) is 27.5 Å². The second kappa shape index (κ2) is 14.3. The van der Waals surface area contributed by atoms with Gasteiger partial charge in [0.1, 0.15) is 13.2 Å². The molecule has 0 spiro atoms. The van der Waals surface area contributed by atoms with Gasteiger partial charge in [0.25, 0.3) is 0 Å². The second-order valence-electron chi connectivity index (χ2n) is 9.25. The summed E-state index contributed by atoms with van der Waals surface area (Å²) in [5.41, 5.74) is 8.70. The molecule has 3 N–H and O–H groups in total. The van der Waals surface area contributed by atoms with Crippen LogP contribution in [0.1, 0.15) is 29.5 Å². The van der Waals surface area contributed by atoms with Crippen LogP contribution in [-0.4, -0.2) is 41.5 Å². The molecule has 40 heavy (non-hydrogen) atoms. The van der Waals surface area contributed by atoms with Crippen molar-refractivity contribution in [1.29, 1.82) is 0 Å². The Balaban J connectivity index is 1.36. The number of nitrogens with one attached hydrogen (secondary N) is 1. The van der Waals surface area contributed by atoms with E-state index in [0.717, 1.165) is 21.6 Å². The molecular weight excluding hydrogens is 508 g/mol. The smallest absolute Gasteiger partial charge is 0.437 e. The molecular formula is C31H32N4O5. The van der Waals surface area contributed by atoms with Gasteiger partial charge >= 0.3 is 12.2 Å². The van der Waals surface area contributed by atoms with E-state index in [2.05, 4.69) is 10.3 Å². The van der Waals surface area contributed by atoms with Crippen molar-refractivity contribution in [2.75, 3.05) is 6.54 Å². The van der Waals surface area contributed by atoms with Crippen molar-refractivity contribution in [1.82, 2.24) is 10.2 Å². The third-order valence-electron chi connectivity index (χ3n) is 6.38. The number of guanidine groups is 1. The number of carbonyl (C=O) groups is 3. The van der Waals surface area contributed by atoms with E-state index >= 15 is 0 Å². The fraction of sp³-hybridized carbons (Fsp3) is 0.226. The predicted molar refractivity (Wildman–Crippen MR) is 152 cm³/mol. The number of hydrogen-bond acceptors (Lipinski definition) is 5. The first kappa shape index (κ1) is 28.1. The van der Waals surface area contributed by atoms with E-state index in [1.54, 1.807) is 0 Å². The number of carbonyl (C=O) groups excluding carboxylic acids is 3. The van der Waals surface area contributed by atoms with Crippen LogP contribution >= 0.6 is 0 Å². The van der Waals surface area contributed by atoms with Crippen LogP contribution in [0.15, 0.2) is 102 Å². The molecule has 0 saturated carbocycles. The zero-order chi connectivity index (χ0) is 28.2. The number of nitrogens with two attached hydrogens (primary N) is 1. The van der Waals surface area contributed by atoms with Gasteiger partial charge in [0, 0.05) is 6.54 Å². The Hall–Kier alpha value is -4.92. The van der Waals surface area contributed by atoms with Gasteiger partial charge in [0.05, 0.1) is 12.0 Å². The Morgan fingerprint density at radius 2 is 1.45 bits per heavy atom. The monoisotopic (exact) mass is 540 g/mol. The van der Waals surface area contributed by atoms with E-state index in [1.807, 2.05) is 103 Å². The Labute approximate surface area is 233 Å². The van der Waals surface area contributed by atoms with Crippen LogP contribution in [0.4, 0.5) is 9.59 Å². The van der Waals surface area contributed by atoms with Crippen molar-refractivity contribution in [2.24, 2.45) is 16.6 Å². The minimum atomic E-state index is -0.924. The highest BCUT2D eigenvalue weighted by molar-refractivity contribution is 5.98. The normalized spacial score (nSPS) is 16.6. The molecule has 3 amide bonds. The summed E-state index contributed by atoms with van der Waals surface area (Å²) < 4.78 is 10.6. The standard InChI is InChI=1S/C31H32N4O5/c32-29(34-30(37)39-21-24-13-6-2-7-14-24)35(31(38)40-22-25-15-8-3-9-16-25)20-10-17-26-27(33-28(26)36)19-18-23-11-4-1-5-12-23/h1-9,11-16,18-19,26-27H,10,17,20-22H2,(H,33,36)(H2,32,34,37)/b19-18+/t26-,27-/m1/s1. The van der Waals surface area contributed by atoms with Gasteiger partial charge in [-0.1, -0.05) is 103 Å². The highest BCUT2D eigenvalue weighted by Gasteiger charge is 2.37. The van der Waals surface area contributed by atoms with Crippen LogP contribution < -0.4 is 11.1 Å². The Morgan fingerprint density at radius 1 is 0.875 bits per heavy atom. The van der Waals surface area contributed by atoms with Crippen LogP contribution in [0, 0.1) is 5.92 Å². The molecule has 3 aromatic rings. The molecule has 2 atom stereocenters. The maximum atomic E-state index is 13.0. The third-order valence-corrected chi connectivity index (χ3v) is 6.38. The number of ether oxygens (including phenoxy) is 2. The molecule has 1 heterocycles. The number of nitrogens with zero attached hydrogens (tertiary/aromatic N) is 2. The van der Waals surface area contributed by atoms with E-state index in [9.17, 15) is 14.4 Å². The average Bonchev–Trinajstić information content (AvgIpc) is 2.98. The first-order chi connectivity index (χ1) is 19.5. The van der Waals surface area contributed by atoms with Crippen LogP contribution in [0.2, 0.25) is 0 Å². The van der Waals surface area contributed by atoms with Crippen molar-refractivity contribution in [2.45, 2.75) is 32.1 Å². The molecule has 4 rings (SSSR count). The van der Waals surface area contributed by atoms with Crippen LogP contribution in [0.5, 0.6) is 0 Å². The number of β-lactam (4-membered cyclic amide) rings is 1. The molecule has 206 valence electrons. The van der Waals surface area contributed by atoms with Gasteiger partial charge in [0.2, 0.25) is 11.9 Å². The molecule has 1 aliphatic heterocycles. The van der Waals surface area contributed by atoms with Crippen LogP contribution in [0.25, 0.3) is 6.08 Å². The summed E-state index contributed by atoms with van der Waals surface area (Å²) in [5, 5.41) is 2.90. The Bertz CT molecular complexity index is 1330. The number of aliphatic imine (C=N–C) groups is 1. The van der Waals surface area contributed by atoms with Gasteiger partial charge in [-0.25, -0.2) is 14.5 Å². The SMILES string of the molecule is N/C(=N\C(=O)OCc1ccccc1)N(CCC[C@H]1C(=O)N[C@@H]1/C=C/c1ccccc1)C(=O)OCc1ccccc1. The van der Waals surface area contributed by atoms with E-state index in [0.29, 0.717) is 12.8 Å². The molecule has 0 aromatic heterocycles. The number of rotatable bonds is 10. The van der Waals surface area contributed by atoms with Crippen molar-refractivity contribution in [3.8, 4) is 0 Å². The summed E-state index contributed by atoms with van der Waals surface area (Å²) in [4.78, 5) is 42.4. The molecule has 3 aromatic carbocycles. The van der Waals surface area contributed by atoms with Crippen molar-refractivity contribution in [3.63, 3.8) is 0 Å². The van der Waals surface area contributed by atoms with E-state index < -0.39 is 12.2 Å². The number of benzene rings is 3. The third kappa shape index (κ3) is 8.29. The van der Waals surface area contributed by atoms with Gasteiger partial charge in [-0.05, 0) is 29.5 Å². The lowest BCUT2D eigenvalue weighted by molar-refractivity contribution is -0.133. The maximum Gasteiger partial charge on any atom is 0.437 e. The van der Waals surface area contributed by atoms with Gasteiger partial charge < -0.3 is 20.5 Å². The lowest BCUT2D eigenvalue weighted by Gasteiger charge is -2.35. The molecule has 1 aliphatic rings. The van der Waals surface area contributed by atoms with Gasteiger partial charge in [-0.3, -0.25) is 4.79 Å². The van der Waals surface area contributed by atoms with Gasteiger partial charge in [-0.2, -0.15) is 0 Å². The zero-order valence-corrected chi connectivity index (χ0v) is 22.0. The number of amides is 3. The molecule has 9 heteroatoms. The summed E-state index contributed by atoms with van der Waals surface area (Å²) in [7, 11) is 0. The minimum Gasteiger partial charge on any atom is -0.444 e. The van der Waals surface area contributed by atoms with Crippen molar-refractivity contribution in [3.05, 3.63) is 114 Å². The summed E-state index contributed by atoms with van der Waals surface area (Å²) >= 11 is 0. The van der Waals surface area contributed by atoms with Gasteiger partial charge in [0.15, 0.2) is 0 Å². The lowest BCUT2D eigenvalue weighted by atomic mass is 9.86. The number of hydrogen-bond donors (Lipinski definition) is 2. The Morgan fingerprint density at radius 3 is 2.05 bits per heavy atom. The van der Waals surface area contributed by atoms with Crippen LogP contribution in [0.3, 0.4) is 0 Å². The second-order valence-corrected chi connectivity index (χ2v) is 9.25. The quantitative estimate of drug-likeness (QED) is 0.215. The fourth-order valence-electron chi connectivity index (χ4n) is 4.18. The topological polar surface area (TPSA) is 123 Å². The first-order valence-corrected chi connectivity index (χ1v) is 13.1. The van der Waals surface area contributed by atoms with Crippen molar-refractivity contribution >= 4 is 30.1 Å². The lowest BCUT2D eigenvalue weighted by Crippen LogP contribution is -2.57. The summed E-state index contributed by atoms with van der Waals surface area (Å²) in [5.74, 6) is -0.627. The Kier molecular flexibility index (Phi) is 10.0. The molecule has 0 radical (unpaired) electrons. The van der Waals surface area contributed by atoms with Gasteiger partial charge in [-0.15, -0.1) is 4.99 Å². The highest BCUT2D eigenvalue weighted by atomic mass is 16.6. The maximum absolute atomic E-state index is 13.0.